The number of nitrogens with one attached hydrogen (secondary N) is 1. The summed E-state index contributed by atoms with van der Waals surface area (Å²) in [5.41, 5.74) is -0.926. The van der Waals surface area contributed by atoms with Crippen LogP contribution < -0.4 is 10.2 Å². The largest absolute Gasteiger partial charge is 0.327 e. The molecule has 0 unspecified atom stereocenters. The zero-order chi connectivity index (χ0) is 19.3. The molecule has 1 aromatic carbocycles. The molecule has 0 saturated carbocycles. The van der Waals surface area contributed by atoms with Gasteiger partial charge in [0.05, 0.1) is 16.9 Å². The monoisotopic (exact) mass is 388 g/mol. The number of nitrogens with zero attached hydrogens (tertiary/aromatic N) is 3. The van der Waals surface area contributed by atoms with Crippen LogP contribution in [0.5, 0.6) is 0 Å². The molecule has 1 fully saturated rings. The highest BCUT2D eigenvalue weighted by molar-refractivity contribution is 7.80. The molecule has 1 aromatic heterocycles. The van der Waals surface area contributed by atoms with E-state index in [9.17, 15) is 26.7 Å². The maximum absolute atomic E-state index is 13.8. The quantitative estimate of drug-likeness (QED) is 0.283. The van der Waals surface area contributed by atoms with Crippen LogP contribution in [0.15, 0.2) is 11.9 Å². The van der Waals surface area contributed by atoms with Crippen LogP contribution >= 0.6 is 12.2 Å². The number of anilines is 1. The lowest BCUT2D eigenvalue weighted by atomic mass is 10.1. The first-order chi connectivity index (χ1) is 12.1. The molecule has 1 aliphatic heterocycles. The molecule has 26 heavy (non-hydrogen) atoms. The summed E-state index contributed by atoms with van der Waals surface area (Å²) in [6.45, 7) is 1.61. The molecule has 1 aliphatic rings. The topological polar surface area (TPSA) is 50.2 Å². The Hall–Kier alpha value is -2.82. The van der Waals surface area contributed by atoms with Crippen molar-refractivity contribution < 1.29 is 26.7 Å². The molecule has 2 heterocycles. The van der Waals surface area contributed by atoms with E-state index in [-0.39, 0.29) is 5.11 Å². The van der Waals surface area contributed by atoms with E-state index in [4.69, 9.17) is 12.2 Å². The summed E-state index contributed by atoms with van der Waals surface area (Å²) in [4.78, 5) is 13.5. The zero-order valence-corrected chi connectivity index (χ0v) is 14.0. The second kappa shape index (κ2) is 6.16. The molecule has 0 bridgehead atoms. The van der Waals surface area contributed by atoms with Crippen molar-refractivity contribution in [3.05, 3.63) is 52.2 Å². The van der Waals surface area contributed by atoms with Gasteiger partial charge in [0.15, 0.2) is 28.4 Å². The van der Waals surface area contributed by atoms with Crippen molar-refractivity contribution in [1.29, 1.82) is 0 Å². The number of amides is 1. The fraction of sp³-hybridized carbons (Fsp3) is 0.133. The van der Waals surface area contributed by atoms with Crippen LogP contribution in [0, 0.1) is 36.0 Å². The van der Waals surface area contributed by atoms with Crippen molar-refractivity contribution in [2.75, 3.05) is 4.90 Å². The van der Waals surface area contributed by atoms with Crippen molar-refractivity contribution >= 4 is 35.0 Å². The van der Waals surface area contributed by atoms with Crippen molar-refractivity contribution in [1.82, 2.24) is 15.1 Å². The van der Waals surface area contributed by atoms with E-state index >= 15 is 0 Å². The number of halogens is 5. The Bertz CT molecular complexity index is 971. The third kappa shape index (κ3) is 2.64. The predicted molar refractivity (Wildman–Crippen MR) is 85.4 cm³/mol. The van der Waals surface area contributed by atoms with Gasteiger partial charge in [-0.05, 0) is 25.2 Å². The highest BCUT2D eigenvalue weighted by Gasteiger charge is 2.35. The summed E-state index contributed by atoms with van der Waals surface area (Å²) in [5.74, 6) is -11.4. The summed E-state index contributed by atoms with van der Waals surface area (Å²) < 4.78 is 68.8. The van der Waals surface area contributed by atoms with E-state index in [0.717, 1.165) is 4.90 Å². The first-order valence-corrected chi connectivity index (χ1v) is 7.43. The van der Waals surface area contributed by atoms with Crippen LogP contribution in [0.1, 0.15) is 11.3 Å². The van der Waals surface area contributed by atoms with Gasteiger partial charge in [0, 0.05) is 13.2 Å². The minimum absolute atomic E-state index is 0.124. The number of carbonyl (C=O) groups excluding carboxylic acids is 1. The Kier molecular flexibility index (Phi) is 4.26. The van der Waals surface area contributed by atoms with Crippen molar-refractivity contribution in [3.63, 3.8) is 0 Å². The van der Waals surface area contributed by atoms with Crippen LogP contribution in [0.25, 0.3) is 6.08 Å². The highest BCUT2D eigenvalue weighted by atomic mass is 32.1. The lowest BCUT2D eigenvalue weighted by Gasteiger charge is -2.12. The molecule has 11 heteroatoms. The van der Waals surface area contributed by atoms with E-state index < -0.39 is 46.3 Å². The molecule has 0 aliphatic carbocycles. The van der Waals surface area contributed by atoms with Gasteiger partial charge in [-0.15, -0.1) is 0 Å². The van der Waals surface area contributed by atoms with Crippen molar-refractivity contribution in [2.24, 2.45) is 7.05 Å². The standard InChI is InChI=1S/C15H9F5N4OS/c1-5-8(4-23(2)22-5)24-14(25)7(21-15(24)26)3-6-9(16)11(18)13(20)12(19)10(6)17/h3-4H,1-2H3,(H,21,26)/b7-3+. The average molecular weight is 388 g/mol. The Balaban J connectivity index is 2.09. The molecular formula is C15H9F5N4OS. The van der Waals surface area contributed by atoms with E-state index in [0.29, 0.717) is 17.5 Å². The van der Waals surface area contributed by atoms with Gasteiger partial charge in [-0.25, -0.2) is 26.9 Å². The van der Waals surface area contributed by atoms with Gasteiger partial charge < -0.3 is 5.32 Å². The lowest BCUT2D eigenvalue weighted by Crippen LogP contribution is -2.30. The van der Waals surface area contributed by atoms with Gasteiger partial charge in [0.25, 0.3) is 5.91 Å². The first kappa shape index (κ1) is 18.0. The Morgan fingerprint density at radius 2 is 1.62 bits per heavy atom. The highest BCUT2D eigenvalue weighted by Crippen LogP contribution is 2.28. The summed E-state index contributed by atoms with van der Waals surface area (Å²) in [6.07, 6.45) is 2.01. The average Bonchev–Trinajstić information content (AvgIpc) is 3.05. The molecule has 0 radical (unpaired) electrons. The molecule has 0 atom stereocenters. The second-order valence-corrected chi connectivity index (χ2v) is 5.77. The molecule has 1 N–H and O–H groups in total. The van der Waals surface area contributed by atoms with Gasteiger partial charge in [0.2, 0.25) is 5.82 Å². The number of benzene rings is 1. The SMILES string of the molecule is Cc1nn(C)cc1N1C(=O)/C(=C\c2c(F)c(F)c(F)c(F)c2F)NC1=S. The zero-order valence-electron chi connectivity index (χ0n) is 13.2. The van der Waals surface area contributed by atoms with Crippen molar-refractivity contribution in [3.8, 4) is 0 Å². The Morgan fingerprint density at radius 3 is 2.12 bits per heavy atom. The van der Waals surface area contributed by atoms with Gasteiger partial charge in [-0.3, -0.25) is 9.48 Å². The van der Waals surface area contributed by atoms with Gasteiger partial charge >= 0.3 is 0 Å². The minimum atomic E-state index is -2.28. The van der Waals surface area contributed by atoms with Crippen LogP contribution in [-0.2, 0) is 11.8 Å². The smallest absolute Gasteiger partial charge is 0.281 e. The molecule has 0 spiro atoms. The number of rotatable bonds is 2. The lowest BCUT2D eigenvalue weighted by molar-refractivity contribution is -0.113. The van der Waals surface area contributed by atoms with E-state index in [1.54, 1.807) is 14.0 Å². The van der Waals surface area contributed by atoms with E-state index in [2.05, 4.69) is 10.4 Å². The number of hydrogen-bond acceptors (Lipinski definition) is 3. The van der Waals surface area contributed by atoms with Gasteiger partial charge in [0.1, 0.15) is 5.70 Å². The number of carbonyl (C=O) groups is 1. The number of thiocarbonyl (C=S) groups is 1. The second-order valence-electron chi connectivity index (χ2n) is 5.39. The number of aromatic nitrogens is 2. The fourth-order valence-electron chi connectivity index (χ4n) is 2.45. The molecular weight excluding hydrogens is 379 g/mol. The van der Waals surface area contributed by atoms with Crippen LogP contribution in [0.3, 0.4) is 0 Å². The summed E-state index contributed by atoms with van der Waals surface area (Å²) in [5, 5.41) is 6.33. The molecule has 3 rings (SSSR count). The summed E-state index contributed by atoms with van der Waals surface area (Å²) in [6, 6.07) is 0. The fourth-order valence-corrected chi connectivity index (χ4v) is 2.74. The van der Waals surface area contributed by atoms with E-state index in [1.807, 2.05) is 0 Å². The number of aryl methyl sites for hydroxylation is 2. The van der Waals surface area contributed by atoms with Crippen LogP contribution in [0.4, 0.5) is 27.6 Å². The maximum atomic E-state index is 13.8. The molecule has 1 amide bonds. The molecule has 136 valence electrons. The molecule has 1 saturated heterocycles. The third-order valence-electron chi connectivity index (χ3n) is 3.64. The summed E-state index contributed by atoms with van der Waals surface area (Å²) in [7, 11) is 1.61. The first-order valence-electron chi connectivity index (χ1n) is 7.02. The van der Waals surface area contributed by atoms with E-state index in [1.165, 1.54) is 10.9 Å². The summed E-state index contributed by atoms with van der Waals surface area (Å²) >= 11 is 5.02. The Morgan fingerprint density at radius 1 is 1.08 bits per heavy atom. The normalized spacial score (nSPS) is 16.0. The van der Waals surface area contributed by atoms with Gasteiger partial charge in [-0.2, -0.15) is 5.10 Å². The van der Waals surface area contributed by atoms with Crippen LogP contribution in [0.2, 0.25) is 0 Å². The predicted octanol–water partition coefficient (Wildman–Crippen LogP) is 2.69. The number of hydrogen-bond donors (Lipinski definition) is 1. The van der Waals surface area contributed by atoms with Crippen LogP contribution in [-0.4, -0.2) is 20.8 Å². The van der Waals surface area contributed by atoms with Gasteiger partial charge in [-0.1, -0.05) is 0 Å². The van der Waals surface area contributed by atoms with Crippen molar-refractivity contribution in [2.45, 2.75) is 6.92 Å². The minimum Gasteiger partial charge on any atom is -0.327 e. The molecule has 2 aromatic rings. The molecule has 5 nitrogen and oxygen atoms in total. The third-order valence-corrected chi connectivity index (χ3v) is 3.92. The maximum Gasteiger partial charge on any atom is 0.281 e. The Labute approximate surface area is 148 Å².